The van der Waals surface area contributed by atoms with Crippen LogP contribution in [0.25, 0.3) is 0 Å². The van der Waals surface area contributed by atoms with E-state index in [1.165, 1.54) is 65.0 Å². The molecule has 0 radical (unpaired) electrons. The number of likely N-dealkylation sites (tertiary alicyclic amines) is 1. The number of hydrogen-bond acceptors (Lipinski definition) is 3. The second-order valence-electron chi connectivity index (χ2n) is 5.65. The second-order valence-corrected chi connectivity index (χ2v) is 5.65. The van der Waals surface area contributed by atoms with E-state index in [1.807, 2.05) is 0 Å². The summed E-state index contributed by atoms with van der Waals surface area (Å²) >= 11 is 0. The third-order valence-electron chi connectivity index (χ3n) is 3.59. The highest BCUT2D eigenvalue weighted by Gasteiger charge is 2.18. The van der Waals surface area contributed by atoms with Gasteiger partial charge in [0.25, 0.3) is 0 Å². The zero-order valence-electron chi connectivity index (χ0n) is 12.0. The van der Waals surface area contributed by atoms with Crippen molar-refractivity contribution < 1.29 is 0 Å². The van der Waals surface area contributed by atoms with Crippen LogP contribution in [0.15, 0.2) is 0 Å². The van der Waals surface area contributed by atoms with E-state index in [1.54, 1.807) is 0 Å². The fourth-order valence-electron chi connectivity index (χ4n) is 2.64. The molecule has 0 aliphatic carbocycles. The van der Waals surface area contributed by atoms with Crippen LogP contribution in [0.1, 0.15) is 32.6 Å². The van der Waals surface area contributed by atoms with Gasteiger partial charge in [-0.25, -0.2) is 0 Å². The molecule has 0 aromatic rings. The van der Waals surface area contributed by atoms with Crippen LogP contribution in [0.3, 0.4) is 0 Å². The third-order valence-corrected chi connectivity index (χ3v) is 3.59. The smallest absolute Gasteiger partial charge is 0.000451 e. The molecule has 0 aromatic carbocycles. The minimum Gasteiger partial charge on any atom is -0.317 e. The van der Waals surface area contributed by atoms with Gasteiger partial charge in [-0.15, -0.1) is 0 Å². The van der Waals surface area contributed by atoms with E-state index in [-0.39, 0.29) is 0 Å². The molecule has 1 saturated heterocycles. The fourth-order valence-corrected chi connectivity index (χ4v) is 2.64. The number of piperidine rings is 1. The van der Waals surface area contributed by atoms with Crippen LogP contribution >= 0.6 is 0 Å². The summed E-state index contributed by atoms with van der Waals surface area (Å²) in [6.45, 7) is 9.76. The summed E-state index contributed by atoms with van der Waals surface area (Å²) in [6, 6.07) is 0. The minimum absolute atomic E-state index is 0.930. The lowest BCUT2D eigenvalue weighted by atomic mass is 9.96. The van der Waals surface area contributed by atoms with Crippen molar-refractivity contribution in [3.63, 3.8) is 0 Å². The Balaban J connectivity index is 1.99. The molecule has 0 atom stereocenters. The highest BCUT2D eigenvalue weighted by Crippen LogP contribution is 2.17. The lowest BCUT2D eigenvalue weighted by molar-refractivity contribution is 0.161. The summed E-state index contributed by atoms with van der Waals surface area (Å²) in [5.74, 6) is 0.930. The first-order chi connectivity index (χ1) is 8.22. The van der Waals surface area contributed by atoms with Crippen molar-refractivity contribution in [1.29, 1.82) is 0 Å². The molecule has 1 N–H and O–H groups in total. The van der Waals surface area contributed by atoms with E-state index in [4.69, 9.17) is 0 Å². The third kappa shape index (κ3) is 7.02. The molecule has 0 spiro atoms. The minimum atomic E-state index is 0.930. The summed E-state index contributed by atoms with van der Waals surface area (Å²) in [4.78, 5) is 4.97. The molecular formula is C14H31N3. The molecule has 1 rings (SSSR count). The molecule has 3 heteroatoms. The van der Waals surface area contributed by atoms with Crippen LogP contribution in [0.2, 0.25) is 0 Å². The van der Waals surface area contributed by atoms with Crippen molar-refractivity contribution in [1.82, 2.24) is 15.1 Å². The Hall–Kier alpha value is -0.120. The molecule has 0 aromatic heterocycles. The van der Waals surface area contributed by atoms with Crippen molar-refractivity contribution in [3.8, 4) is 0 Å². The van der Waals surface area contributed by atoms with Crippen LogP contribution in [0.5, 0.6) is 0 Å². The van der Waals surface area contributed by atoms with Crippen molar-refractivity contribution >= 4 is 0 Å². The summed E-state index contributed by atoms with van der Waals surface area (Å²) in [6.07, 6.45) is 5.33. The molecule has 1 aliphatic heterocycles. The van der Waals surface area contributed by atoms with Gasteiger partial charge < -0.3 is 15.1 Å². The van der Waals surface area contributed by atoms with Gasteiger partial charge in [0.15, 0.2) is 0 Å². The zero-order chi connectivity index (χ0) is 12.5. The van der Waals surface area contributed by atoms with Gasteiger partial charge in [-0.2, -0.15) is 0 Å². The quantitative estimate of drug-likeness (QED) is 0.652. The highest BCUT2D eigenvalue weighted by atomic mass is 15.1. The Morgan fingerprint density at radius 1 is 1.18 bits per heavy atom. The Morgan fingerprint density at radius 3 is 2.47 bits per heavy atom. The van der Waals surface area contributed by atoms with Crippen molar-refractivity contribution in [2.75, 3.05) is 53.4 Å². The maximum Gasteiger partial charge on any atom is 0.000451 e. The van der Waals surface area contributed by atoms with Gasteiger partial charge in [0.1, 0.15) is 0 Å². The standard InChI is InChI=1S/C14H31N3/c1-4-8-15-9-5-10-17-11-6-14(7-12-17)13-16(2)3/h14-15H,4-13H2,1-3H3. The molecule has 3 nitrogen and oxygen atoms in total. The van der Waals surface area contributed by atoms with Crippen molar-refractivity contribution in [2.45, 2.75) is 32.6 Å². The normalized spacial score (nSPS) is 19.1. The van der Waals surface area contributed by atoms with E-state index < -0.39 is 0 Å². The van der Waals surface area contributed by atoms with Crippen LogP contribution in [-0.2, 0) is 0 Å². The first-order valence-corrected chi connectivity index (χ1v) is 7.30. The first kappa shape index (κ1) is 14.9. The lowest BCUT2D eigenvalue weighted by Gasteiger charge is -2.33. The topological polar surface area (TPSA) is 18.5 Å². The van der Waals surface area contributed by atoms with Crippen molar-refractivity contribution in [2.24, 2.45) is 5.92 Å². The SMILES string of the molecule is CCCNCCCN1CCC(CN(C)C)CC1. The first-order valence-electron chi connectivity index (χ1n) is 7.30. The Labute approximate surface area is 108 Å². The Morgan fingerprint density at radius 2 is 1.88 bits per heavy atom. The predicted molar refractivity (Wildman–Crippen MR) is 75.5 cm³/mol. The molecule has 0 saturated carbocycles. The van der Waals surface area contributed by atoms with Crippen LogP contribution in [0.4, 0.5) is 0 Å². The van der Waals surface area contributed by atoms with E-state index >= 15 is 0 Å². The summed E-state index contributed by atoms with van der Waals surface area (Å²) in [5.41, 5.74) is 0. The van der Waals surface area contributed by atoms with Gasteiger partial charge in [0.2, 0.25) is 0 Å². The van der Waals surface area contributed by atoms with Crippen molar-refractivity contribution in [3.05, 3.63) is 0 Å². The van der Waals surface area contributed by atoms with E-state index in [0.717, 1.165) is 5.92 Å². The average Bonchev–Trinajstić information content (AvgIpc) is 2.30. The van der Waals surface area contributed by atoms with E-state index in [0.29, 0.717) is 0 Å². The molecule has 17 heavy (non-hydrogen) atoms. The molecule has 0 unspecified atom stereocenters. The summed E-state index contributed by atoms with van der Waals surface area (Å²) in [5, 5.41) is 3.48. The van der Waals surface area contributed by atoms with Gasteiger partial charge in [0, 0.05) is 6.54 Å². The van der Waals surface area contributed by atoms with Gasteiger partial charge >= 0.3 is 0 Å². The number of nitrogens with one attached hydrogen (secondary N) is 1. The molecule has 1 aliphatic rings. The highest BCUT2D eigenvalue weighted by molar-refractivity contribution is 4.73. The number of rotatable bonds is 8. The van der Waals surface area contributed by atoms with Gasteiger partial charge in [-0.1, -0.05) is 6.92 Å². The molecular weight excluding hydrogens is 210 g/mol. The molecule has 1 fully saturated rings. The largest absolute Gasteiger partial charge is 0.317 e. The van der Waals surface area contributed by atoms with E-state index in [2.05, 4.69) is 36.1 Å². The average molecular weight is 241 g/mol. The predicted octanol–water partition coefficient (Wildman–Crippen LogP) is 1.65. The molecule has 0 amide bonds. The van der Waals surface area contributed by atoms with Gasteiger partial charge in [-0.05, 0) is 78.4 Å². The lowest BCUT2D eigenvalue weighted by Crippen LogP contribution is -2.38. The molecule has 1 heterocycles. The summed E-state index contributed by atoms with van der Waals surface area (Å²) < 4.78 is 0. The van der Waals surface area contributed by atoms with Gasteiger partial charge in [-0.3, -0.25) is 0 Å². The maximum atomic E-state index is 3.48. The monoisotopic (exact) mass is 241 g/mol. The number of nitrogens with zero attached hydrogens (tertiary/aromatic N) is 2. The van der Waals surface area contributed by atoms with Crippen LogP contribution < -0.4 is 5.32 Å². The molecule has 102 valence electrons. The maximum absolute atomic E-state index is 3.48. The van der Waals surface area contributed by atoms with Crippen LogP contribution in [0, 0.1) is 5.92 Å². The fraction of sp³-hybridized carbons (Fsp3) is 1.00. The van der Waals surface area contributed by atoms with Crippen LogP contribution in [-0.4, -0.2) is 63.2 Å². The summed E-state index contributed by atoms with van der Waals surface area (Å²) in [7, 11) is 4.37. The van der Waals surface area contributed by atoms with E-state index in [9.17, 15) is 0 Å². The second kappa shape index (κ2) is 8.90. The zero-order valence-corrected chi connectivity index (χ0v) is 12.0. The number of hydrogen-bond donors (Lipinski definition) is 1. The molecule has 0 bridgehead atoms. The van der Waals surface area contributed by atoms with Gasteiger partial charge in [0.05, 0.1) is 0 Å². The Kier molecular flexibility index (Phi) is 7.82. The Bertz CT molecular complexity index is 174.